The van der Waals surface area contributed by atoms with Crippen LogP contribution in [0.4, 0.5) is 11.4 Å². The molecule has 0 bridgehead atoms. The van der Waals surface area contributed by atoms with Crippen LogP contribution in [-0.4, -0.2) is 11.8 Å². The van der Waals surface area contributed by atoms with Gasteiger partial charge in [0, 0.05) is 15.7 Å². The van der Waals surface area contributed by atoms with Crippen LogP contribution in [0.1, 0.15) is 30.9 Å². The fourth-order valence-corrected chi connectivity index (χ4v) is 3.35. The molecule has 0 unspecified atom stereocenters. The van der Waals surface area contributed by atoms with Gasteiger partial charge in [-0.25, -0.2) is 0 Å². The third kappa shape index (κ3) is 2.78. The maximum atomic E-state index is 6.28. The highest BCUT2D eigenvalue weighted by molar-refractivity contribution is 9.10. The molecule has 22 heavy (non-hydrogen) atoms. The summed E-state index contributed by atoms with van der Waals surface area (Å²) in [6.07, 6.45) is 0. The Hall–Kier alpha value is -1.03. The van der Waals surface area contributed by atoms with Crippen molar-refractivity contribution >= 4 is 55.7 Å². The first kappa shape index (κ1) is 15.9. The van der Waals surface area contributed by atoms with Gasteiger partial charge in [-0.15, -0.1) is 0 Å². The van der Waals surface area contributed by atoms with E-state index in [1.807, 2.05) is 18.2 Å². The second kappa shape index (κ2) is 6.23. The molecule has 0 radical (unpaired) electrons. The molecule has 0 saturated heterocycles. The molecule has 0 aliphatic carbocycles. The predicted molar refractivity (Wildman–Crippen MR) is 99.1 cm³/mol. The van der Waals surface area contributed by atoms with E-state index in [9.17, 15) is 0 Å². The number of fused-ring (bicyclic) bond motifs is 1. The Kier molecular flexibility index (Phi) is 4.49. The highest BCUT2D eigenvalue weighted by Gasteiger charge is 2.24. The van der Waals surface area contributed by atoms with Crippen LogP contribution in [0.15, 0.2) is 45.9 Å². The summed E-state index contributed by atoms with van der Waals surface area (Å²) in [5, 5.41) is 1.13. The van der Waals surface area contributed by atoms with Gasteiger partial charge in [-0.1, -0.05) is 55.2 Å². The largest absolute Gasteiger partial charge is 0.320 e. The second-order valence-electron chi connectivity index (χ2n) is 5.52. The van der Waals surface area contributed by atoms with Crippen LogP contribution in [-0.2, 0) is 0 Å². The zero-order valence-corrected chi connectivity index (χ0v) is 15.4. The van der Waals surface area contributed by atoms with E-state index < -0.39 is 0 Å². The standard InChI is InChI=1S/C17H15BrCl2N2/c1-10(2)11-5-3-4-6-15(11)22-9-21-17(20)12-7-14(19)13(18)8-16(12)22/h3-8,10H,9H2,1-2H3. The molecule has 2 nitrogen and oxygen atoms in total. The lowest BCUT2D eigenvalue weighted by molar-refractivity contribution is 0.850. The van der Waals surface area contributed by atoms with Gasteiger partial charge in [0.1, 0.15) is 11.8 Å². The Balaban J connectivity index is 2.18. The van der Waals surface area contributed by atoms with E-state index in [0.717, 1.165) is 21.4 Å². The Bertz CT molecular complexity index is 756. The smallest absolute Gasteiger partial charge is 0.135 e. The average Bonchev–Trinajstić information content (AvgIpc) is 2.50. The molecule has 1 heterocycles. The van der Waals surface area contributed by atoms with Gasteiger partial charge < -0.3 is 4.90 Å². The third-order valence-electron chi connectivity index (χ3n) is 3.75. The fraction of sp³-hybridized carbons (Fsp3) is 0.235. The monoisotopic (exact) mass is 396 g/mol. The average molecular weight is 398 g/mol. The van der Waals surface area contributed by atoms with Crippen LogP contribution in [0.25, 0.3) is 0 Å². The highest BCUT2D eigenvalue weighted by atomic mass is 79.9. The summed E-state index contributed by atoms with van der Waals surface area (Å²) < 4.78 is 0.853. The molecule has 1 aliphatic heterocycles. The van der Waals surface area contributed by atoms with E-state index >= 15 is 0 Å². The molecule has 0 atom stereocenters. The summed E-state index contributed by atoms with van der Waals surface area (Å²) in [6.45, 7) is 4.89. The summed E-state index contributed by atoms with van der Waals surface area (Å²) in [5.74, 6) is 0.428. The highest BCUT2D eigenvalue weighted by Crippen LogP contribution is 2.40. The van der Waals surface area contributed by atoms with E-state index in [0.29, 0.717) is 22.8 Å². The minimum atomic E-state index is 0.428. The van der Waals surface area contributed by atoms with Crippen LogP contribution in [0, 0.1) is 0 Å². The predicted octanol–water partition coefficient (Wildman–Crippen LogP) is 6.32. The number of aliphatic imine (C=N–C) groups is 1. The molecule has 0 aromatic heterocycles. The topological polar surface area (TPSA) is 15.6 Å². The number of rotatable bonds is 2. The molecule has 2 aromatic carbocycles. The van der Waals surface area contributed by atoms with Gasteiger partial charge in [-0.2, -0.15) is 0 Å². The third-order valence-corrected chi connectivity index (χ3v) is 5.27. The first-order valence-electron chi connectivity index (χ1n) is 7.05. The first-order chi connectivity index (χ1) is 10.5. The van der Waals surface area contributed by atoms with Crippen LogP contribution >= 0.6 is 39.1 Å². The van der Waals surface area contributed by atoms with Crippen LogP contribution < -0.4 is 4.90 Å². The summed E-state index contributed by atoms with van der Waals surface area (Å²) in [7, 11) is 0. The maximum absolute atomic E-state index is 6.28. The number of anilines is 2. The van der Waals surface area contributed by atoms with E-state index in [1.54, 1.807) is 0 Å². The Labute approximate surface area is 148 Å². The van der Waals surface area contributed by atoms with Gasteiger partial charge in [-0.3, -0.25) is 4.99 Å². The van der Waals surface area contributed by atoms with Crippen molar-refractivity contribution < 1.29 is 0 Å². The number of para-hydroxylation sites is 1. The molecule has 1 aliphatic rings. The quantitative estimate of drug-likeness (QED) is 0.578. The van der Waals surface area contributed by atoms with Crippen molar-refractivity contribution in [2.75, 3.05) is 11.6 Å². The maximum Gasteiger partial charge on any atom is 0.135 e. The van der Waals surface area contributed by atoms with Gasteiger partial charge in [0.15, 0.2) is 0 Å². The van der Waals surface area contributed by atoms with Crippen molar-refractivity contribution in [1.29, 1.82) is 0 Å². The lowest BCUT2D eigenvalue weighted by Crippen LogP contribution is -2.25. The van der Waals surface area contributed by atoms with E-state index in [2.05, 4.69) is 57.9 Å². The first-order valence-corrected chi connectivity index (χ1v) is 8.59. The van der Waals surface area contributed by atoms with E-state index in [4.69, 9.17) is 23.2 Å². The van der Waals surface area contributed by atoms with E-state index in [-0.39, 0.29) is 0 Å². The van der Waals surface area contributed by atoms with Gasteiger partial charge >= 0.3 is 0 Å². The summed E-state index contributed by atoms with van der Waals surface area (Å²) in [6, 6.07) is 12.3. The van der Waals surface area contributed by atoms with Crippen molar-refractivity contribution in [1.82, 2.24) is 0 Å². The molecular formula is C17H15BrCl2N2. The van der Waals surface area contributed by atoms with Crippen molar-refractivity contribution in [3.05, 3.63) is 57.0 Å². The van der Waals surface area contributed by atoms with Gasteiger partial charge in [0.05, 0.1) is 10.7 Å². The van der Waals surface area contributed by atoms with Crippen molar-refractivity contribution in [3.8, 4) is 0 Å². The van der Waals surface area contributed by atoms with Gasteiger partial charge in [0.25, 0.3) is 0 Å². The van der Waals surface area contributed by atoms with Crippen molar-refractivity contribution in [2.45, 2.75) is 19.8 Å². The van der Waals surface area contributed by atoms with Crippen molar-refractivity contribution in [3.63, 3.8) is 0 Å². The van der Waals surface area contributed by atoms with Gasteiger partial charge in [0.2, 0.25) is 0 Å². The summed E-state index contributed by atoms with van der Waals surface area (Å²) in [5.41, 5.74) is 4.32. The molecule has 0 N–H and O–H groups in total. The Morgan fingerprint density at radius 2 is 1.86 bits per heavy atom. The molecule has 0 spiro atoms. The molecule has 0 saturated carbocycles. The molecule has 5 heteroatoms. The Morgan fingerprint density at radius 1 is 1.14 bits per heavy atom. The number of benzene rings is 2. The second-order valence-corrected chi connectivity index (χ2v) is 7.13. The minimum absolute atomic E-state index is 0.428. The van der Waals surface area contributed by atoms with Gasteiger partial charge in [-0.05, 0) is 45.6 Å². The zero-order valence-electron chi connectivity index (χ0n) is 12.3. The van der Waals surface area contributed by atoms with E-state index in [1.165, 1.54) is 5.56 Å². The molecule has 114 valence electrons. The fourth-order valence-electron chi connectivity index (χ4n) is 2.65. The number of nitrogens with zero attached hydrogens (tertiary/aromatic N) is 2. The normalized spacial score (nSPS) is 14.1. The van der Waals surface area contributed by atoms with Crippen LogP contribution in [0.2, 0.25) is 5.02 Å². The molecular weight excluding hydrogens is 383 g/mol. The zero-order chi connectivity index (χ0) is 15.9. The van der Waals surface area contributed by atoms with Crippen LogP contribution in [0.5, 0.6) is 0 Å². The minimum Gasteiger partial charge on any atom is -0.320 e. The van der Waals surface area contributed by atoms with Crippen LogP contribution in [0.3, 0.4) is 0 Å². The lowest BCUT2D eigenvalue weighted by Gasteiger charge is -2.31. The number of hydrogen-bond acceptors (Lipinski definition) is 2. The molecule has 0 fully saturated rings. The lowest BCUT2D eigenvalue weighted by atomic mass is 9.99. The number of halogens is 3. The summed E-state index contributed by atoms with van der Waals surface area (Å²) in [4.78, 5) is 6.61. The molecule has 0 amide bonds. The number of hydrogen-bond donors (Lipinski definition) is 0. The Morgan fingerprint density at radius 3 is 2.59 bits per heavy atom. The molecule has 2 aromatic rings. The molecule has 3 rings (SSSR count). The van der Waals surface area contributed by atoms with Crippen molar-refractivity contribution in [2.24, 2.45) is 4.99 Å². The summed E-state index contributed by atoms with van der Waals surface area (Å²) >= 11 is 16.0. The SMILES string of the molecule is CC(C)c1ccccc1N1CN=C(Cl)c2cc(Cl)c(Br)cc21.